The Hall–Kier alpha value is -0.440. The van der Waals surface area contributed by atoms with E-state index in [4.69, 9.17) is 52.1 Å². The highest BCUT2D eigenvalue weighted by atomic mass is 16.7. The van der Waals surface area contributed by atoms with Crippen molar-refractivity contribution in [2.45, 2.75) is 71.7 Å². The third kappa shape index (κ3) is 19.6. The summed E-state index contributed by atoms with van der Waals surface area (Å²) in [6, 6.07) is 0. The predicted molar refractivity (Wildman–Crippen MR) is 140 cm³/mol. The van der Waals surface area contributed by atoms with E-state index in [1.165, 1.54) is 0 Å². The molecule has 38 heavy (non-hydrogen) atoms. The largest absolute Gasteiger partial charge is 0.379 e. The van der Waals surface area contributed by atoms with Gasteiger partial charge in [0.2, 0.25) is 0 Å². The third-order valence-electron chi connectivity index (χ3n) is 5.67. The first kappa shape index (κ1) is 33.8. The summed E-state index contributed by atoms with van der Waals surface area (Å²) in [5, 5.41) is 0. The molecule has 6 heterocycles. The molecule has 6 fully saturated rings. The second-order valence-corrected chi connectivity index (χ2v) is 10.6. The van der Waals surface area contributed by atoms with Crippen molar-refractivity contribution >= 4 is 0 Å². The lowest BCUT2D eigenvalue weighted by molar-refractivity contribution is -0.0611. The van der Waals surface area contributed by atoms with E-state index in [0.717, 1.165) is 85.7 Å². The smallest absolute Gasteiger partial charge is 0.146 e. The van der Waals surface area contributed by atoms with Crippen LogP contribution in [0.3, 0.4) is 0 Å². The fourth-order valence-electron chi connectivity index (χ4n) is 2.88. The minimum absolute atomic E-state index is 0. The quantitative estimate of drug-likeness (QED) is 0.133. The van der Waals surface area contributed by atoms with Crippen LogP contribution in [0.2, 0.25) is 0 Å². The first-order chi connectivity index (χ1) is 17.6. The molecule has 0 aliphatic carbocycles. The Morgan fingerprint density at radius 3 is 1.16 bits per heavy atom. The number of hydrogen-bond acceptors (Lipinski definition) is 11. The summed E-state index contributed by atoms with van der Waals surface area (Å²) in [6.07, 6.45) is 3.31. The van der Waals surface area contributed by atoms with Crippen molar-refractivity contribution in [3.05, 3.63) is 0 Å². The van der Waals surface area contributed by atoms with Crippen molar-refractivity contribution in [3.8, 4) is 0 Å². The number of ether oxygens (including phenoxy) is 11. The minimum atomic E-state index is 0. The normalized spacial score (nSPS) is 30.8. The molecule has 6 saturated heterocycles. The zero-order chi connectivity index (χ0) is 25.1. The molecule has 0 aromatic heterocycles. The highest BCUT2D eigenvalue weighted by molar-refractivity contribution is 4.73. The number of epoxide rings is 6. The summed E-state index contributed by atoms with van der Waals surface area (Å²) in [4.78, 5) is 0. The van der Waals surface area contributed by atoms with Crippen LogP contribution in [0.1, 0.15) is 35.1 Å². The van der Waals surface area contributed by atoms with E-state index in [1.807, 2.05) is 0 Å². The molecule has 0 bridgehead atoms. The predicted octanol–water partition coefficient (Wildman–Crippen LogP) is 2.08. The Morgan fingerprint density at radius 2 is 0.816 bits per heavy atom. The van der Waals surface area contributed by atoms with E-state index in [2.05, 4.69) is 13.8 Å². The van der Waals surface area contributed by atoms with E-state index in [9.17, 15) is 0 Å². The molecule has 6 aliphatic rings. The average molecular weight is 553 g/mol. The first-order valence-corrected chi connectivity index (χ1v) is 13.1. The van der Waals surface area contributed by atoms with Gasteiger partial charge in [0, 0.05) is 12.0 Å². The summed E-state index contributed by atoms with van der Waals surface area (Å²) >= 11 is 0. The summed E-state index contributed by atoms with van der Waals surface area (Å²) in [5.41, 5.74) is 0.0732. The molecule has 6 atom stereocenters. The van der Waals surface area contributed by atoms with Gasteiger partial charge in [-0.25, -0.2) is 0 Å². The SMILES string of the molecule is C.C.C(CC1CO1)OCC1CO1.C(OCC1CO1)OCC1CO1.CC(C)(COCC1CO1)COCC1CO1. The van der Waals surface area contributed by atoms with Gasteiger partial charge in [-0.1, -0.05) is 28.7 Å². The van der Waals surface area contributed by atoms with Crippen molar-refractivity contribution in [1.29, 1.82) is 0 Å². The van der Waals surface area contributed by atoms with Gasteiger partial charge >= 0.3 is 0 Å². The summed E-state index contributed by atoms with van der Waals surface area (Å²) in [7, 11) is 0. The molecule has 0 saturated carbocycles. The van der Waals surface area contributed by atoms with Gasteiger partial charge in [0.15, 0.2) is 0 Å². The van der Waals surface area contributed by atoms with Gasteiger partial charge in [-0.15, -0.1) is 0 Å². The van der Waals surface area contributed by atoms with Crippen LogP contribution >= 0.6 is 0 Å². The first-order valence-electron chi connectivity index (χ1n) is 13.1. The average Bonchev–Trinajstić information content (AvgIpc) is 3.66. The van der Waals surface area contributed by atoms with Crippen molar-refractivity contribution in [1.82, 2.24) is 0 Å². The maximum Gasteiger partial charge on any atom is 0.146 e. The van der Waals surface area contributed by atoms with Crippen LogP contribution in [-0.2, 0) is 52.1 Å². The molecule has 0 amide bonds. The fourth-order valence-corrected chi connectivity index (χ4v) is 2.88. The Morgan fingerprint density at radius 1 is 0.500 bits per heavy atom. The summed E-state index contributed by atoms with van der Waals surface area (Å²) in [5.74, 6) is 0. The van der Waals surface area contributed by atoms with Crippen molar-refractivity contribution in [3.63, 3.8) is 0 Å². The monoisotopic (exact) mass is 552 g/mol. The standard InChI is InChI=1S/C11H20O4.C7H12O4.C7H12O3.2CH4/c1-11(2,7-12-3-9-5-14-9)8-13-4-10-6-15-10;1(6-3-10-6)8-5-9-2-7-4-11-7;1(6-4-9-6)2-8-3-7-5-10-7;;/h9-10H,3-8H2,1-2H3;6-7H,1-5H2;6-7H,1-5H2;2*1H4. The number of rotatable bonds is 19. The minimum Gasteiger partial charge on any atom is -0.379 e. The molecular weight excluding hydrogens is 500 g/mol. The van der Waals surface area contributed by atoms with Gasteiger partial charge in [-0.05, 0) is 6.42 Å². The van der Waals surface area contributed by atoms with E-state index in [-0.39, 0.29) is 20.3 Å². The van der Waals surface area contributed by atoms with Crippen LogP contribution in [0.25, 0.3) is 0 Å². The molecule has 6 rings (SSSR count). The molecule has 11 nitrogen and oxygen atoms in total. The van der Waals surface area contributed by atoms with Crippen LogP contribution in [0.15, 0.2) is 0 Å². The topological polar surface area (TPSA) is 121 Å². The van der Waals surface area contributed by atoms with E-state index < -0.39 is 0 Å². The second kappa shape index (κ2) is 18.1. The van der Waals surface area contributed by atoms with Crippen LogP contribution < -0.4 is 0 Å². The Labute approximate surface area is 228 Å². The molecule has 11 heteroatoms. The molecule has 0 aromatic carbocycles. The molecule has 6 aliphatic heterocycles. The Kier molecular flexibility index (Phi) is 16.1. The van der Waals surface area contributed by atoms with Crippen molar-refractivity contribution in [2.75, 3.05) is 99.3 Å². The third-order valence-corrected chi connectivity index (χ3v) is 5.67. The molecule has 0 N–H and O–H groups in total. The van der Waals surface area contributed by atoms with Crippen LogP contribution in [0, 0.1) is 5.41 Å². The highest BCUT2D eigenvalue weighted by Crippen LogP contribution is 2.19. The Bertz CT molecular complexity index is 536. The van der Waals surface area contributed by atoms with Gasteiger partial charge in [0.25, 0.3) is 0 Å². The van der Waals surface area contributed by atoms with Gasteiger partial charge < -0.3 is 52.1 Å². The van der Waals surface area contributed by atoms with Crippen molar-refractivity contribution in [2.24, 2.45) is 5.41 Å². The van der Waals surface area contributed by atoms with E-state index in [1.54, 1.807) is 0 Å². The maximum atomic E-state index is 5.56. The van der Waals surface area contributed by atoms with Crippen molar-refractivity contribution < 1.29 is 52.1 Å². The second-order valence-electron chi connectivity index (χ2n) is 10.6. The molecule has 0 spiro atoms. The van der Waals surface area contributed by atoms with E-state index >= 15 is 0 Å². The lowest BCUT2D eigenvalue weighted by atomic mass is 9.96. The van der Waals surface area contributed by atoms with Gasteiger partial charge in [0.1, 0.15) is 37.3 Å². The van der Waals surface area contributed by atoms with Gasteiger partial charge in [0.05, 0.1) is 92.0 Å². The molecule has 6 unspecified atom stereocenters. The fraction of sp³-hybridized carbons (Fsp3) is 1.00. The highest BCUT2D eigenvalue weighted by Gasteiger charge is 2.28. The van der Waals surface area contributed by atoms with Crippen LogP contribution in [-0.4, -0.2) is 136 Å². The van der Waals surface area contributed by atoms with Gasteiger partial charge in [-0.3, -0.25) is 0 Å². The van der Waals surface area contributed by atoms with Gasteiger partial charge in [-0.2, -0.15) is 0 Å². The molecular formula is C27H52O11. The Balaban J connectivity index is 0.000000199. The lowest BCUT2D eigenvalue weighted by Gasteiger charge is -2.23. The molecule has 0 aromatic rings. The summed E-state index contributed by atoms with van der Waals surface area (Å²) < 4.78 is 56.7. The zero-order valence-corrected chi connectivity index (χ0v) is 21.8. The molecule has 0 radical (unpaired) electrons. The van der Waals surface area contributed by atoms with Crippen LogP contribution in [0.4, 0.5) is 0 Å². The van der Waals surface area contributed by atoms with E-state index in [0.29, 0.717) is 56.6 Å². The zero-order valence-electron chi connectivity index (χ0n) is 21.8. The molecule has 226 valence electrons. The maximum absolute atomic E-state index is 5.56. The summed E-state index contributed by atoms with van der Waals surface area (Å²) in [6.45, 7) is 15.7. The van der Waals surface area contributed by atoms with Crippen LogP contribution in [0.5, 0.6) is 0 Å². The number of hydrogen-bond donors (Lipinski definition) is 0. The lowest BCUT2D eigenvalue weighted by Crippen LogP contribution is -2.27.